The first-order valence-corrected chi connectivity index (χ1v) is 7.36. The SMILES string of the molecule is CCOCCN1CCN(c2nc3ccccc3[nH]2)CC1. The molecule has 1 saturated heterocycles. The van der Waals surface area contributed by atoms with Crippen molar-refractivity contribution in [3.05, 3.63) is 24.3 Å². The Morgan fingerprint density at radius 3 is 2.75 bits per heavy atom. The van der Waals surface area contributed by atoms with Crippen molar-refractivity contribution in [2.75, 3.05) is 50.8 Å². The summed E-state index contributed by atoms with van der Waals surface area (Å²) in [5.41, 5.74) is 2.16. The van der Waals surface area contributed by atoms with Crippen LogP contribution >= 0.6 is 0 Å². The maximum absolute atomic E-state index is 5.41. The Kier molecular flexibility index (Phi) is 4.18. The molecule has 1 aliphatic rings. The smallest absolute Gasteiger partial charge is 0.203 e. The topological polar surface area (TPSA) is 44.4 Å². The zero-order valence-corrected chi connectivity index (χ0v) is 12.0. The number of para-hydroxylation sites is 2. The summed E-state index contributed by atoms with van der Waals surface area (Å²) in [7, 11) is 0. The maximum atomic E-state index is 5.41. The van der Waals surface area contributed by atoms with E-state index in [9.17, 15) is 0 Å². The summed E-state index contributed by atoms with van der Waals surface area (Å²) in [6, 6.07) is 8.19. The molecule has 0 saturated carbocycles. The normalized spacial score (nSPS) is 16.9. The van der Waals surface area contributed by atoms with Gasteiger partial charge in [0.25, 0.3) is 0 Å². The van der Waals surface area contributed by atoms with E-state index in [0.29, 0.717) is 0 Å². The molecule has 1 N–H and O–H groups in total. The Bertz CT molecular complexity index is 513. The number of nitrogens with zero attached hydrogens (tertiary/aromatic N) is 3. The van der Waals surface area contributed by atoms with Gasteiger partial charge in [-0.15, -0.1) is 0 Å². The molecule has 2 heterocycles. The lowest BCUT2D eigenvalue weighted by atomic mass is 10.3. The number of fused-ring (bicyclic) bond motifs is 1. The molecule has 20 heavy (non-hydrogen) atoms. The second-order valence-corrected chi connectivity index (χ2v) is 5.10. The lowest BCUT2D eigenvalue weighted by Gasteiger charge is -2.34. The molecule has 1 aromatic heterocycles. The van der Waals surface area contributed by atoms with Gasteiger partial charge >= 0.3 is 0 Å². The van der Waals surface area contributed by atoms with Crippen molar-refractivity contribution in [2.24, 2.45) is 0 Å². The van der Waals surface area contributed by atoms with Crippen molar-refractivity contribution in [1.82, 2.24) is 14.9 Å². The number of aromatic nitrogens is 2. The average molecular weight is 274 g/mol. The standard InChI is InChI=1S/C15H22N4O/c1-2-20-12-11-18-7-9-19(10-8-18)15-16-13-5-3-4-6-14(13)17-15/h3-6H,2,7-12H2,1H3,(H,16,17). The highest BCUT2D eigenvalue weighted by molar-refractivity contribution is 5.77. The maximum Gasteiger partial charge on any atom is 0.203 e. The van der Waals surface area contributed by atoms with E-state index in [-0.39, 0.29) is 0 Å². The third-order valence-electron chi connectivity index (χ3n) is 3.80. The van der Waals surface area contributed by atoms with Crippen LogP contribution in [0.25, 0.3) is 11.0 Å². The predicted molar refractivity (Wildman–Crippen MR) is 81.2 cm³/mol. The number of H-pyrrole nitrogens is 1. The number of imidazole rings is 1. The van der Waals surface area contributed by atoms with E-state index in [4.69, 9.17) is 4.74 Å². The van der Waals surface area contributed by atoms with Crippen molar-refractivity contribution in [1.29, 1.82) is 0 Å². The minimum atomic E-state index is 0.805. The first kappa shape index (κ1) is 13.4. The number of ether oxygens (including phenoxy) is 1. The van der Waals surface area contributed by atoms with Gasteiger partial charge < -0.3 is 14.6 Å². The van der Waals surface area contributed by atoms with Crippen LogP contribution in [-0.4, -0.2) is 60.8 Å². The van der Waals surface area contributed by atoms with Crippen LogP contribution in [0.15, 0.2) is 24.3 Å². The number of piperazine rings is 1. The van der Waals surface area contributed by atoms with E-state index in [2.05, 4.69) is 25.8 Å². The van der Waals surface area contributed by atoms with Gasteiger partial charge in [-0.05, 0) is 19.1 Å². The molecule has 5 nitrogen and oxygen atoms in total. The number of benzene rings is 1. The summed E-state index contributed by atoms with van der Waals surface area (Å²) >= 11 is 0. The molecule has 0 bridgehead atoms. The fraction of sp³-hybridized carbons (Fsp3) is 0.533. The highest BCUT2D eigenvalue weighted by Gasteiger charge is 2.19. The minimum absolute atomic E-state index is 0.805. The van der Waals surface area contributed by atoms with Gasteiger partial charge in [-0.1, -0.05) is 12.1 Å². The van der Waals surface area contributed by atoms with Gasteiger partial charge in [0, 0.05) is 39.3 Å². The summed E-state index contributed by atoms with van der Waals surface area (Å²) in [4.78, 5) is 12.9. The largest absolute Gasteiger partial charge is 0.380 e. The summed E-state index contributed by atoms with van der Waals surface area (Å²) in [5.74, 6) is 0.996. The first-order chi connectivity index (χ1) is 9.86. The number of nitrogens with one attached hydrogen (secondary N) is 1. The van der Waals surface area contributed by atoms with E-state index in [1.807, 2.05) is 25.1 Å². The molecular weight excluding hydrogens is 252 g/mol. The van der Waals surface area contributed by atoms with Crippen LogP contribution < -0.4 is 4.90 Å². The first-order valence-electron chi connectivity index (χ1n) is 7.36. The molecule has 0 atom stereocenters. The van der Waals surface area contributed by atoms with Gasteiger partial charge in [0.15, 0.2) is 0 Å². The van der Waals surface area contributed by atoms with E-state index >= 15 is 0 Å². The van der Waals surface area contributed by atoms with Crippen molar-refractivity contribution >= 4 is 17.0 Å². The molecule has 1 aliphatic heterocycles. The molecular formula is C15H22N4O. The van der Waals surface area contributed by atoms with Crippen molar-refractivity contribution in [2.45, 2.75) is 6.92 Å². The fourth-order valence-electron chi connectivity index (χ4n) is 2.61. The van der Waals surface area contributed by atoms with Crippen LogP contribution in [0, 0.1) is 0 Å². The van der Waals surface area contributed by atoms with Crippen LogP contribution in [0.2, 0.25) is 0 Å². The van der Waals surface area contributed by atoms with Gasteiger partial charge in [0.1, 0.15) is 0 Å². The molecule has 1 aromatic carbocycles. The lowest BCUT2D eigenvalue weighted by Crippen LogP contribution is -2.47. The molecule has 0 amide bonds. The summed E-state index contributed by atoms with van der Waals surface area (Å²) in [5, 5.41) is 0. The summed E-state index contributed by atoms with van der Waals surface area (Å²) in [6.45, 7) is 8.90. The van der Waals surface area contributed by atoms with Gasteiger partial charge in [-0.3, -0.25) is 4.90 Å². The van der Waals surface area contributed by atoms with Crippen LogP contribution in [0.3, 0.4) is 0 Å². The third-order valence-corrected chi connectivity index (χ3v) is 3.80. The van der Waals surface area contributed by atoms with Crippen molar-refractivity contribution in [3.63, 3.8) is 0 Å². The Morgan fingerprint density at radius 2 is 2.00 bits per heavy atom. The lowest BCUT2D eigenvalue weighted by molar-refractivity contribution is 0.111. The second kappa shape index (κ2) is 6.24. The Hall–Kier alpha value is -1.59. The Labute approximate surface area is 119 Å². The highest BCUT2D eigenvalue weighted by atomic mass is 16.5. The number of hydrogen-bond donors (Lipinski definition) is 1. The zero-order chi connectivity index (χ0) is 13.8. The van der Waals surface area contributed by atoms with Crippen LogP contribution in [0.5, 0.6) is 0 Å². The summed E-state index contributed by atoms with van der Waals surface area (Å²) in [6.07, 6.45) is 0. The molecule has 108 valence electrons. The Morgan fingerprint density at radius 1 is 1.20 bits per heavy atom. The van der Waals surface area contributed by atoms with E-state index in [1.54, 1.807) is 0 Å². The third kappa shape index (κ3) is 2.94. The minimum Gasteiger partial charge on any atom is -0.380 e. The van der Waals surface area contributed by atoms with Gasteiger partial charge in [-0.25, -0.2) is 4.98 Å². The molecule has 0 aliphatic carbocycles. The molecule has 3 rings (SSSR count). The highest BCUT2D eigenvalue weighted by Crippen LogP contribution is 2.18. The van der Waals surface area contributed by atoms with Gasteiger partial charge in [-0.2, -0.15) is 0 Å². The van der Waals surface area contributed by atoms with Gasteiger partial charge in [0.05, 0.1) is 17.6 Å². The monoisotopic (exact) mass is 274 g/mol. The number of anilines is 1. The second-order valence-electron chi connectivity index (χ2n) is 5.10. The Balaban J connectivity index is 1.57. The van der Waals surface area contributed by atoms with Gasteiger partial charge in [0.2, 0.25) is 5.95 Å². The molecule has 0 radical (unpaired) electrons. The molecule has 0 unspecified atom stereocenters. The van der Waals surface area contributed by atoms with E-state index < -0.39 is 0 Å². The number of hydrogen-bond acceptors (Lipinski definition) is 4. The van der Waals surface area contributed by atoms with Crippen molar-refractivity contribution in [3.8, 4) is 0 Å². The van der Waals surface area contributed by atoms with Crippen LogP contribution in [-0.2, 0) is 4.74 Å². The van der Waals surface area contributed by atoms with E-state index in [1.165, 1.54) is 0 Å². The molecule has 0 spiro atoms. The summed E-state index contributed by atoms with van der Waals surface area (Å²) < 4.78 is 5.41. The number of aromatic amines is 1. The molecule has 5 heteroatoms. The average Bonchev–Trinajstić information content (AvgIpc) is 2.92. The van der Waals surface area contributed by atoms with Crippen LogP contribution in [0.4, 0.5) is 5.95 Å². The van der Waals surface area contributed by atoms with Crippen LogP contribution in [0.1, 0.15) is 6.92 Å². The fourth-order valence-corrected chi connectivity index (χ4v) is 2.61. The predicted octanol–water partition coefficient (Wildman–Crippen LogP) is 1.72. The van der Waals surface area contributed by atoms with Crippen molar-refractivity contribution < 1.29 is 4.74 Å². The van der Waals surface area contributed by atoms with E-state index in [0.717, 1.165) is 62.9 Å². The molecule has 2 aromatic rings. The number of rotatable bonds is 5. The zero-order valence-electron chi connectivity index (χ0n) is 12.0. The molecule has 1 fully saturated rings. The quantitative estimate of drug-likeness (QED) is 0.843.